The molecule has 0 aromatic carbocycles. The minimum absolute atomic E-state index is 0.0856. The summed E-state index contributed by atoms with van der Waals surface area (Å²) in [5.41, 5.74) is 2.37. The predicted octanol–water partition coefficient (Wildman–Crippen LogP) is 1.32. The maximum Gasteiger partial charge on any atom is 0.323 e. The Balaban J connectivity index is 2.16. The first-order valence-electron chi connectivity index (χ1n) is 5.88. The summed E-state index contributed by atoms with van der Waals surface area (Å²) in [6.07, 6.45) is 1.61. The zero-order valence-electron chi connectivity index (χ0n) is 10.8. The molecule has 8 nitrogen and oxygen atoms in total. The first-order chi connectivity index (χ1) is 9.22. The zero-order chi connectivity index (χ0) is 13.7. The van der Waals surface area contributed by atoms with Gasteiger partial charge in [0.15, 0.2) is 0 Å². The SMILES string of the molecule is CCOc1nc(NN)nc(NC(C)c2ccco2)n1. The number of hydrogen-bond donors (Lipinski definition) is 3. The van der Waals surface area contributed by atoms with Crippen molar-refractivity contribution in [3.05, 3.63) is 24.2 Å². The van der Waals surface area contributed by atoms with Crippen LogP contribution in [0.4, 0.5) is 11.9 Å². The topological polar surface area (TPSA) is 111 Å². The molecule has 0 spiro atoms. The second-order valence-corrected chi connectivity index (χ2v) is 3.72. The Kier molecular flexibility index (Phi) is 4.14. The summed E-state index contributed by atoms with van der Waals surface area (Å²) >= 11 is 0. The molecule has 4 N–H and O–H groups in total. The number of anilines is 2. The molecule has 2 heterocycles. The van der Waals surface area contributed by atoms with Crippen molar-refractivity contribution in [1.29, 1.82) is 0 Å². The highest BCUT2D eigenvalue weighted by atomic mass is 16.5. The lowest BCUT2D eigenvalue weighted by atomic mass is 10.2. The van der Waals surface area contributed by atoms with Gasteiger partial charge in [0.1, 0.15) is 5.76 Å². The fourth-order valence-electron chi connectivity index (χ4n) is 1.48. The Morgan fingerprint density at radius 1 is 1.37 bits per heavy atom. The van der Waals surface area contributed by atoms with E-state index < -0.39 is 0 Å². The fourth-order valence-corrected chi connectivity index (χ4v) is 1.48. The van der Waals surface area contributed by atoms with Crippen molar-refractivity contribution in [2.75, 3.05) is 17.3 Å². The van der Waals surface area contributed by atoms with Gasteiger partial charge in [-0.3, -0.25) is 5.43 Å². The number of aromatic nitrogens is 3. The van der Waals surface area contributed by atoms with Crippen molar-refractivity contribution in [2.45, 2.75) is 19.9 Å². The van der Waals surface area contributed by atoms with Crippen molar-refractivity contribution >= 4 is 11.9 Å². The summed E-state index contributed by atoms with van der Waals surface area (Å²) in [4.78, 5) is 12.2. The van der Waals surface area contributed by atoms with E-state index in [1.807, 2.05) is 26.0 Å². The lowest BCUT2D eigenvalue weighted by molar-refractivity contribution is 0.312. The molecule has 2 aromatic heterocycles. The molecule has 1 unspecified atom stereocenters. The van der Waals surface area contributed by atoms with Crippen LogP contribution in [-0.2, 0) is 0 Å². The molecule has 2 aromatic rings. The highest BCUT2D eigenvalue weighted by molar-refractivity contribution is 5.36. The number of hydrazine groups is 1. The van der Waals surface area contributed by atoms with E-state index in [0.29, 0.717) is 12.6 Å². The normalized spacial score (nSPS) is 11.9. The smallest absolute Gasteiger partial charge is 0.323 e. The van der Waals surface area contributed by atoms with Gasteiger partial charge in [0.25, 0.3) is 0 Å². The molecule has 0 fully saturated rings. The molecule has 0 aliphatic heterocycles. The third-order valence-electron chi connectivity index (χ3n) is 2.33. The van der Waals surface area contributed by atoms with Crippen LogP contribution in [0.2, 0.25) is 0 Å². The first-order valence-corrected chi connectivity index (χ1v) is 5.88. The Hall–Kier alpha value is -2.35. The van der Waals surface area contributed by atoms with Gasteiger partial charge in [0.2, 0.25) is 11.9 Å². The lowest BCUT2D eigenvalue weighted by Gasteiger charge is -2.12. The van der Waals surface area contributed by atoms with E-state index in [4.69, 9.17) is 15.0 Å². The minimum atomic E-state index is -0.0856. The van der Waals surface area contributed by atoms with Crippen LogP contribution in [-0.4, -0.2) is 21.6 Å². The highest BCUT2D eigenvalue weighted by Crippen LogP contribution is 2.18. The number of nitrogens with one attached hydrogen (secondary N) is 2. The van der Waals surface area contributed by atoms with Gasteiger partial charge in [0.05, 0.1) is 18.9 Å². The Labute approximate surface area is 110 Å². The summed E-state index contributed by atoms with van der Waals surface area (Å²) < 4.78 is 10.5. The Morgan fingerprint density at radius 3 is 2.79 bits per heavy atom. The average Bonchev–Trinajstić information content (AvgIpc) is 2.92. The van der Waals surface area contributed by atoms with Crippen LogP contribution < -0.4 is 21.3 Å². The van der Waals surface area contributed by atoms with E-state index in [2.05, 4.69) is 25.7 Å². The lowest BCUT2D eigenvalue weighted by Crippen LogP contribution is -2.15. The van der Waals surface area contributed by atoms with Gasteiger partial charge >= 0.3 is 6.01 Å². The van der Waals surface area contributed by atoms with Crippen molar-refractivity contribution < 1.29 is 9.15 Å². The molecule has 0 amide bonds. The molecule has 0 bridgehead atoms. The van der Waals surface area contributed by atoms with Gasteiger partial charge in [-0.2, -0.15) is 15.0 Å². The van der Waals surface area contributed by atoms with E-state index >= 15 is 0 Å². The average molecular weight is 264 g/mol. The first kappa shape index (κ1) is 13.1. The summed E-state index contributed by atoms with van der Waals surface area (Å²) in [6.45, 7) is 4.23. The van der Waals surface area contributed by atoms with Crippen LogP contribution in [0.15, 0.2) is 22.8 Å². The maximum absolute atomic E-state index is 5.30. The number of nitrogens with two attached hydrogens (primary N) is 1. The molecular formula is C11H16N6O2. The molecule has 102 valence electrons. The number of rotatable bonds is 6. The molecular weight excluding hydrogens is 248 g/mol. The second-order valence-electron chi connectivity index (χ2n) is 3.72. The fraction of sp³-hybridized carbons (Fsp3) is 0.364. The molecule has 0 saturated carbocycles. The van der Waals surface area contributed by atoms with E-state index in [1.165, 1.54) is 0 Å². The Bertz CT molecular complexity index is 516. The molecule has 2 rings (SSSR count). The van der Waals surface area contributed by atoms with Crippen molar-refractivity contribution in [3.63, 3.8) is 0 Å². The van der Waals surface area contributed by atoms with E-state index in [9.17, 15) is 0 Å². The molecule has 1 atom stereocenters. The summed E-state index contributed by atoms with van der Waals surface area (Å²) in [6, 6.07) is 3.81. The van der Waals surface area contributed by atoms with Crippen LogP contribution in [0.3, 0.4) is 0 Å². The summed E-state index contributed by atoms with van der Waals surface area (Å²) in [7, 11) is 0. The maximum atomic E-state index is 5.30. The van der Waals surface area contributed by atoms with Crippen molar-refractivity contribution in [2.24, 2.45) is 5.84 Å². The quantitative estimate of drug-likeness (QED) is 0.529. The van der Waals surface area contributed by atoms with E-state index in [0.717, 1.165) is 5.76 Å². The summed E-state index contributed by atoms with van der Waals surface area (Å²) in [5.74, 6) is 6.67. The van der Waals surface area contributed by atoms with Gasteiger partial charge in [-0.15, -0.1) is 0 Å². The van der Waals surface area contributed by atoms with Gasteiger partial charge in [-0.1, -0.05) is 0 Å². The van der Waals surface area contributed by atoms with Gasteiger partial charge in [-0.25, -0.2) is 5.84 Å². The highest BCUT2D eigenvalue weighted by Gasteiger charge is 2.12. The minimum Gasteiger partial charge on any atom is -0.467 e. The molecule has 0 aliphatic carbocycles. The summed E-state index contributed by atoms with van der Waals surface area (Å²) in [5, 5.41) is 3.09. The van der Waals surface area contributed by atoms with Gasteiger partial charge < -0.3 is 14.5 Å². The zero-order valence-corrected chi connectivity index (χ0v) is 10.8. The molecule has 0 radical (unpaired) electrons. The van der Waals surface area contributed by atoms with Crippen LogP contribution in [0.5, 0.6) is 6.01 Å². The molecule has 0 aliphatic rings. The monoisotopic (exact) mass is 264 g/mol. The number of hydrogen-bond acceptors (Lipinski definition) is 8. The van der Waals surface area contributed by atoms with Crippen LogP contribution in [0, 0.1) is 0 Å². The van der Waals surface area contributed by atoms with Crippen LogP contribution in [0.1, 0.15) is 25.6 Å². The van der Waals surface area contributed by atoms with Crippen molar-refractivity contribution in [3.8, 4) is 6.01 Å². The van der Waals surface area contributed by atoms with E-state index in [-0.39, 0.29) is 18.0 Å². The second kappa shape index (κ2) is 6.01. The number of nitrogen functional groups attached to an aromatic ring is 1. The third kappa shape index (κ3) is 3.32. The number of nitrogens with zero attached hydrogens (tertiary/aromatic N) is 3. The van der Waals surface area contributed by atoms with Crippen LogP contribution >= 0.6 is 0 Å². The van der Waals surface area contributed by atoms with Gasteiger partial charge in [-0.05, 0) is 26.0 Å². The predicted molar refractivity (Wildman–Crippen MR) is 69.6 cm³/mol. The standard InChI is InChI=1S/C11H16N6O2/c1-3-18-11-15-9(14-10(16-11)17-12)13-7(2)8-5-4-6-19-8/h4-7H,3,12H2,1-2H3,(H2,13,14,15,16,17). The molecule has 0 saturated heterocycles. The number of ether oxygens (including phenoxy) is 1. The van der Waals surface area contributed by atoms with Crippen LogP contribution in [0.25, 0.3) is 0 Å². The Morgan fingerprint density at radius 2 is 2.16 bits per heavy atom. The van der Waals surface area contributed by atoms with E-state index in [1.54, 1.807) is 6.26 Å². The third-order valence-corrected chi connectivity index (χ3v) is 2.33. The van der Waals surface area contributed by atoms with Gasteiger partial charge in [0, 0.05) is 0 Å². The molecule has 8 heteroatoms. The largest absolute Gasteiger partial charge is 0.467 e. The number of furan rings is 1. The molecule has 19 heavy (non-hydrogen) atoms. The van der Waals surface area contributed by atoms with Crippen molar-refractivity contribution in [1.82, 2.24) is 15.0 Å².